The number of rotatable bonds is 3. The van der Waals surface area contributed by atoms with Crippen molar-refractivity contribution in [1.82, 2.24) is 4.90 Å². The minimum atomic E-state index is -0.712. The first-order chi connectivity index (χ1) is 9.52. The van der Waals surface area contributed by atoms with Crippen LogP contribution in [0.2, 0.25) is 0 Å². The molecule has 0 bridgehead atoms. The van der Waals surface area contributed by atoms with Crippen molar-refractivity contribution < 1.29 is 18.7 Å². The topological polar surface area (TPSA) is 46.6 Å². The number of piperidine rings is 1. The Hall–Kier alpha value is -1.91. The summed E-state index contributed by atoms with van der Waals surface area (Å²) in [5.41, 5.74) is -0.0175. The first kappa shape index (κ1) is 14.5. The van der Waals surface area contributed by atoms with Gasteiger partial charge in [0.1, 0.15) is 11.6 Å². The van der Waals surface area contributed by atoms with Crippen molar-refractivity contribution in [2.24, 2.45) is 5.92 Å². The van der Waals surface area contributed by atoms with Crippen LogP contribution in [0.15, 0.2) is 18.2 Å². The average Bonchev–Trinajstić information content (AvgIpc) is 2.46. The largest absolute Gasteiger partial charge is 0.496 e. The zero-order chi connectivity index (χ0) is 14.7. The number of methoxy groups -OCH3 is 1. The quantitative estimate of drug-likeness (QED) is 0.630. The van der Waals surface area contributed by atoms with E-state index in [-0.39, 0.29) is 11.3 Å². The first-order valence-corrected chi connectivity index (χ1v) is 6.70. The molecule has 0 unspecified atom stereocenters. The van der Waals surface area contributed by atoms with Gasteiger partial charge in [0.25, 0.3) is 11.7 Å². The average molecular weight is 279 g/mol. The van der Waals surface area contributed by atoms with E-state index in [0.717, 1.165) is 18.9 Å². The lowest BCUT2D eigenvalue weighted by Gasteiger charge is -2.29. The van der Waals surface area contributed by atoms with Crippen LogP contribution in [-0.2, 0) is 4.79 Å². The van der Waals surface area contributed by atoms with Crippen LogP contribution in [0, 0.1) is 11.7 Å². The number of Topliss-reactive ketones (excluding diaryl/α,β-unsaturated/α-hetero) is 1. The van der Waals surface area contributed by atoms with Crippen molar-refractivity contribution in [2.75, 3.05) is 20.2 Å². The highest BCUT2D eigenvalue weighted by atomic mass is 19.1. The van der Waals surface area contributed by atoms with Crippen LogP contribution in [0.25, 0.3) is 0 Å². The molecule has 108 valence electrons. The van der Waals surface area contributed by atoms with Crippen LogP contribution >= 0.6 is 0 Å². The van der Waals surface area contributed by atoms with Gasteiger partial charge in [0, 0.05) is 13.1 Å². The van der Waals surface area contributed by atoms with Crippen molar-refractivity contribution in [3.63, 3.8) is 0 Å². The summed E-state index contributed by atoms with van der Waals surface area (Å²) in [5.74, 6) is -1.07. The van der Waals surface area contributed by atoms with Crippen LogP contribution in [0.1, 0.15) is 30.1 Å². The monoisotopic (exact) mass is 279 g/mol. The minimum absolute atomic E-state index is 0.0175. The number of ether oxygens (including phenoxy) is 1. The molecule has 0 saturated carbocycles. The van der Waals surface area contributed by atoms with E-state index in [4.69, 9.17) is 4.74 Å². The van der Waals surface area contributed by atoms with Crippen LogP contribution in [0.3, 0.4) is 0 Å². The van der Waals surface area contributed by atoms with E-state index in [0.29, 0.717) is 19.0 Å². The number of carbonyl (C=O) groups is 2. The second kappa shape index (κ2) is 6.03. The van der Waals surface area contributed by atoms with E-state index < -0.39 is 17.5 Å². The Bertz CT molecular complexity index is 522. The normalized spacial score (nSPS) is 16.1. The van der Waals surface area contributed by atoms with E-state index in [1.165, 1.54) is 24.1 Å². The number of benzene rings is 1. The zero-order valence-corrected chi connectivity index (χ0v) is 11.7. The SMILES string of the molecule is COc1ccc(F)cc1C(=O)C(=O)N1CCC(C)CC1. The Morgan fingerprint density at radius 1 is 1.30 bits per heavy atom. The van der Waals surface area contributed by atoms with E-state index in [9.17, 15) is 14.0 Å². The number of carbonyl (C=O) groups excluding carboxylic acids is 2. The van der Waals surface area contributed by atoms with Crippen molar-refractivity contribution in [1.29, 1.82) is 0 Å². The molecule has 0 aliphatic carbocycles. The third kappa shape index (κ3) is 2.98. The molecule has 1 amide bonds. The summed E-state index contributed by atoms with van der Waals surface area (Å²) in [7, 11) is 1.39. The van der Waals surface area contributed by atoms with Gasteiger partial charge in [0.2, 0.25) is 0 Å². The number of amides is 1. The molecule has 1 aliphatic rings. The molecule has 1 aliphatic heterocycles. The molecule has 0 atom stereocenters. The Morgan fingerprint density at radius 2 is 1.95 bits per heavy atom. The van der Waals surface area contributed by atoms with Crippen molar-refractivity contribution in [3.05, 3.63) is 29.6 Å². The molecule has 1 heterocycles. The van der Waals surface area contributed by atoms with Gasteiger partial charge in [-0.25, -0.2) is 4.39 Å². The molecule has 1 fully saturated rings. The second-order valence-corrected chi connectivity index (χ2v) is 5.15. The van der Waals surface area contributed by atoms with Gasteiger partial charge >= 0.3 is 0 Å². The number of halogens is 1. The highest BCUT2D eigenvalue weighted by Gasteiger charge is 2.28. The Morgan fingerprint density at radius 3 is 2.55 bits per heavy atom. The van der Waals surface area contributed by atoms with E-state index in [2.05, 4.69) is 6.92 Å². The highest BCUT2D eigenvalue weighted by molar-refractivity contribution is 6.43. The van der Waals surface area contributed by atoms with Crippen LogP contribution in [0.5, 0.6) is 5.75 Å². The first-order valence-electron chi connectivity index (χ1n) is 6.70. The molecular weight excluding hydrogens is 261 g/mol. The lowest BCUT2D eigenvalue weighted by molar-refractivity contribution is -0.127. The molecule has 1 aromatic rings. The zero-order valence-electron chi connectivity index (χ0n) is 11.7. The lowest BCUT2D eigenvalue weighted by Crippen LogP contribution is -2.41. The standard InChI is InChI=1S/C15H18FNO3/c1-10-5-7-17(8-6-10)15(19)14(18)12-9-11(16)3-4-13(12)20-2/h3-4,9-10H,5-8H2,1-2H3. The van der Waals surface area contributed by atoms with Gasteiger partial charge in [0.15, 0.2) is 0 Å². The summed E-state index contributed by atoms with van der Waals surface area (Å²) in [6.07, 6.45) is 1.78. The molecule has 5 heteroatoms. The predicted molar refractivity (Wildman–Crippen MR) is 72.3 cm³/mol. The summed E-state index contributed by atoms with van der Waals surface area (Å²) < 4.78 is 18.3. The van der Waals surface area contributed by atoms with Gasteiger partial charge in [0.05, 0.1) is 12.7 Å². The van der Waals surface area contributed by atoms with Gasteiger partial charge in [-0.2, -0.15) is 0 Å². The second-order valence-electron chi connectivity index (χ2n) is 5.15. The molecule has 2 rings (SSSR count). The molecule has 0 radical (unpaired) electrons. The number of hydrogen-bond acceptors (Lipinski definition) is 3. The van der Waals surface area contributed by atoms with E-state index in [1.807, 2.05) is 0 Å². The predicted octanol–water partition coefficient (Wildman–Crippen LogP) is 2.28. The van der Waals surface area contributed by atoms with Crippen molar-refractivity contribution >= 4 is 11.7 Å². The molecule has 1 saturated heterocycles. The fraction of sp³-hybridized carbons (Fsp3) is 0.467. The van der Waals surface area contributed by atoms with Crippen LogP contribution in [-0.4, -0.2) is 36.8 Å². The highest BCUT2D eigenvalue weighted by Crippen LogP contribution is 2.22. The Balaban J connectivity index is 2.18. The molecule has 1 aromatic carbocycles. The van der Waals surface area contributed by atoms with Crippen molar-refractivity contribution in [3.8, 4) is 5.75 Å². The van der Waals surface area contributed by atoms with Crippen LogP contribution in [0.4, 0.5) is 4.39 Å². The maximum atomic E-state index is 13.3. The summed E-state index contributed by atoms with van der Waals surface area (Å²) in [4.78, 5) is 25.9. The number of hydrogen-bond donors (Lipinski definition) is 0. The molecule has 20 heavy (non-hydrogen) atoms. The molecule has 0 aromatic heterocycles. The number of ketones is 1. The fourth-order valence-corrected chi connectivity index (χ4v) is 2.33. The maximum absolute atomic E-state index is 13.3. The van der Waals surface area contributed by atoms with Gasteiger partial charge in [-0.15, -0.1) is 0 Å². The summed E-state index contributed by atoms with van der Waals surface area (Å²) in [6, 6.07) is 3.60. The molecular formula is C15H18FNO3. The summed E-state index contributed by atoms with van der Waals surface area (Å²) >= 11 is 0. The summed E-state index contributed by atoms with van der Waals surface area (Å²) in [5, 5.41) is 0. The minimum Gasteiger partial charge on any atom is -0.496 e. The molecule has 4 nitrogen and oxygen atoms in total. The third-order valence-corrected chi connectivity index (χ3v) is 3.67. The molecule has 0 spiro atoms. The van der Waals surface area contributed by atoms with Gasteiger partial charge in [-0.05, 0) is 37.0 Å². The maximum Gasteiger partial charge on any atom is 0.295 e. The van der Waals surface area contributed by atoms with Gasteiger partial charge in [-0.1, -0.05) is 6.92 Å². The smallest absolute Gasteiger partial charge is 0.295 e. The van der Waals surface area contributed by atoms with Crippen molar-refractivity contribution in [2.45, 2.75) is 19.8 Å². The molecule has 0 N–H and O–H groups in total. The Kier molecular flexibility index (Phi) is 4.37. The van der Waals surface area contributed by atoms with Crippen LogP contribution < -0.4 is 4.74 Å². The summed E-state index contributed by atoms with van der Waals surface area (Å²) in [6.45, 7) is 3.27. The fourth-order valence-electron chi connectivity index (χ4n) is 2.33. The number of likely N-dealkylation sites (tertiary alicyclic amines) is 1. The number of nitrogens with zero attached hydrogens (tertiary/aromatic N) is 1. The van der Waals surface area contributed by atoms with E-state index >= 15 is 0 Å². The third-order valence-electron chi connectivity index (χ3n) is 3.67. The Labute approximate surface area is 117 Å². The van der Waals surface area contributed by atoms with Gasteiger partial charge in [-0.3, -0.25) is 9.59 Å². The lowest BCUT2D eigenvalue weighted by atomic mass is 9.98. The van der Waals surface area contributed by atoms with E-state index in [1.54, 1.807) is 0 Å². The van der Waals surface area contributed by atoms with Gasteiger partial charge < -0.3 is 9.64 Å².